The molecule has 1 N–H and O–H groups in total. The Kier molecular flexibility index (Phi) is 4.19. The molecular weight excluding hydrogens is 269 g/mol. The number of nitrogens with one attached hydrogen (secondary N) is 1. The number of alkyl halides is 3. The smallest absolute Gasteiger partial charge is 0.380 e. The lowest BCUT2D eigenvalue weighted by Gasteiger charge is -2.22. The van der Waals surface area contributed by atoms with Crippen molar-refractivity contribution in [2.45, 2.75) is 38.1 Å². The molecule has 108 valence electrons. The van der Waals surface area contributed by atoms with Crippen LogP contribution in [0.15, 0.2) is 18.2 Å². The molecule has 0 spiro atoms. The summed E-state index contributed by atoms with van der Waals surface area (Å²) in [5, 5.41) is 11.7. The number of anilines is 1. The maximum atomic E-state index is 12.9. The fourth-order valence-electron chi connectivity index (χ4n) is 2.32. The van der Waals surface area contributed by atoms with Gasteiger partial charge in [-0.15, -0.1) is 0 Å². The molecule has 6 heteroatoms. The quantitative estimate of drug-likeness (QED) is 0.923. The van der Waals surface area contributed by atoms with Crippen LogP contribution in [0.4, 0.5) is 18.9 Å². The van der Waals surface area contributed by atoms with Crippen LogP contribution in [0.1, 0.15) is 30.9 Å². The minimum Gasteiger partial charge on any atom is -0.380 e. The summed E-state index contributed by atoms with van der Waals surface area (Å²) >= 11 is 0. The topological polar surface area (TPSA) is 45.0 Å². The highest BCUT2D eigenvalue weighted by Gasteiger charge is 2.34. The van der Waals surface area contributed by atoms with Gasteiger partial charge in [-0.2, -0.15) is 18.4 Å². The summed E-state index contributed by atoms with van der Waals surface area (Å²) < 4.78 is 44.0. The molecule has 0 aromatic heterocycles. The van der Waals surface area contributed by atoms with Gasteiger partial charge in [0.25, 0.3) is 0 Å². The molecule has 3 nitrogen and oxygen atoms in total. The van der Waals surface area contributed by atoms with Gasteiger partial charge >= 0.3 is 6.18 Å². The van der Waals surface area contributed by atoms with Gasteiger partial charge in [0.15, 0.2) is 0 Å². The first kappa shape index (κ1) is 14.7. The van der Waals surface area contributed by atoms with E-state index in [1.807, 2.05) is 6.92 Å². The van der Waals surface area contributed by atoms with Crippen molar-refractivity contribution in [3.05, 3.63) is 29.3 Å². The van der Waals surface area contributed by atoms with E-state index < -0.39 is 11.7 Å². The van der Waals surface area contributed by atoms with Gasteiger partial charge in [0.1, 0.15) is 0 Å². The summed E-state index contributed by atoms with van der Waals surface area (Å²) in [5.74, 6) is 0. The van der Waals surface area contributed by atoms with Crippen molar-refractivity contribution in [2.24, 2.45) is 0 Å². The Morgan fingerprint density at radius 1 is 1.45 bits per heavy atom. The zero-order valence-electron chi connectivity index (χ0n) is 11.0. The Labute approximate surface area is 115 Å². The van der Waals surface area contributed by atoms with Crippen molar-refractivity contribution in [2.75, 3.05) is 11.9 Å². The van der Waals surface area contributed by atoms with E-state index in [0.29, 0.717) is 12.3 Å². The molecule has 1 saturated heterocycles. The van der Waals surface area contributed by atoms with Crippen molar-refractivity contribution < 1.29 is 17.9 Å². The molecule has 0 aliphatic carbocycles. The second-order valence-electron chi connectivity index (χ2n) is 4.85. The molecule has 0 saturated carbocycles. The number of benzene rings is 1. The molecule has 1 aromatic rings. The standard InChI is InChI=1S/C14H15F3N2O/c1-9(13-3-2-6-20-13)19-11-5-4-10(8-18)12(7-11)14(15,16)17/h4-5,7,9,13,19H,2-3,6H2,1H3. The van der Waals surface area contributed by atoms with E-state index in [2.05, 4.69) is 5.32 Å². The summed E-state index contributed by atoms with van der Waals surface area (Å²) in [6.07, 6.45) is -2.65. The summed E-state index contributed by atoms with van der Waals surface area (Å²) in [6, 6.07) is 5.14. The van der Waals surface area contributed by atoms with Gasteiger partial charge in [-0.3, -0.25) is 0 Å². The largest absolute Gasteiger partial charge is 0.417 e. The van der Waals surface area contributed by atoms with Gasteiger partial charge in [0.2, 0.25) is 0 Å². The average molecular weight is 284 g/mol. The molecular formula is C14H15F3N2O. The number of nitriles is 1. The Bertz CT molecular complexity index is 516. The van der Waals surface area contributed by atoms with Crippen molar-refractivity contribution in [3.63, 3.8) is 0 Å². The third kappa shape index (κ3) is 3.23. The molecule has 0 radical (unpaired) electrons. The van der Waals surface area contributed by atoms with E-state index in [1.165, 1.54) is 12.1 Å². The highest BCUT2D eigenvalue weighted by Crippen LogP contribution is 2.34. The summed E-state index contributed by atoms with van der Waals surface area (Å²) in [6.45, 7) is 2.57. The number of hydrogen-bond donors (Lipinski definition) is 1. The van der Waals surface area contributed by atoms with Crippen LogP contribution in [0, 0.1) is 11.3 Å². The van der Waals surface area contributed by atoms with E-state index in [9.17, 15) is 13.2 Å². The van der Waals surface area contributed by atoms with E-state index in [0.717, 1.165) is 18.9 Å². The van der Waals surface area contributed by atoms with Crippen LogP contribution in [0.3, 0.4) is 0 Å². The van der Waals surface area contributed by atoms with Gasteiger partial charge < -0.3 is 10.1 Å². The molecule has 0 bridgehead atoms. The van der Waals surface area contributed by atoms with Crippen molar-refractivity contribution >= 4 is 5.69 Å². The Morgan fingerprint density at radius 2 is 2.20 bits per heavy atom. The predicted octanol–water partition coefficient (Wildman–Crippen LogP) is 3.56. The van der Waals surface area contributed by atoms with Crippen LogP contribution in [0.2, 0.25) is 0 Å². The molecule has 1 aliphatic heterocycles. The van der Waals surface area contributed by atoms with E-state index in [4.69, 9.17) is 10.00 Å². The third-order valence-corrected chi connectivity index (χ3v) is 3.36. The van der Waals surface area contributed by atoms with Crippen LogP contribution in [0.25, 0.3) is 0 Å². The lowest BCUT2D eigenvalue weighted by Crippen LogP contribution is -2.30. The molecule has 2 rings (SSSR count). The molecule has 1 fully saturated rings. The van der Waals surface area contributed by atoms with Gasteiger partial charge in [0, 0.05) is 18.3 Å². The summed E-state index contributed by atoms with van der Waals surface area (Å²) in [4.78, 5) is 0. The third-order valence-electron chi connectivity index (χ3n) is 3.36. The normalized spacial score (nSPS) is 20.4. The van der Waals surface area contributed by atoms with Crippen molar-refractivity contribution in [1.29, 1.82) is 5.26 Å². The second kappa shape index (κ2) is 5.71. The zero-order valence-corrected chi connectivity index (χ0v) is 11.0. The lowest BCUT2D eigenvalue weighted by atomic mass is 10.1. The molecule has 0 amide bonds. The molecule has 1 aliphatic rings. The first-order valence-electron chi connectivity index (χ1n) is 6.41. The van der Waals surface area contributed by atoms with Crippen LogP contribution < -0.4 is 5.32 Å². The number of ether oxygens (including phenoxy) is 1. The maximum absolute atomic E-state index is 12.9. The summed E-state index contributed by atoms with van der Waals surface area (Å²) in [7, 11) is 0. The van der Waals surface area contributed by atoms with Crippen LogP contribution in [0.5, 0.6) is 0 Å². The minimum absolute atomic E-state index is 0.0139. The van der Waals surface area contributed by atoms with Crippen LogP contribution in [-0.2, 0) is 10.9 Å². The molecule has 2 atom stereocenters. The molecule has 1 heterocycles. The number of rotatable bonds is 3. The second-order valence-corrected chi connectivity index (χ2v) is 4.85. The lowest BCUT2D eigenvalue weighted by molar-refractivity contribution is -0.137. The first-order chi connectivity index (χ1) is 9.41. The fourth-order valence-corrected chi connectivity index (χ4v) is 2.32. The number of hydrogen-bond acceptors (Lipinski definition) is 3. The molecule has 1 aromatic carbocycles. The highest BCUT2D eigenvalue weighted by molar-refractivity contribution is 5.53. The Balaban J connectivity index is 2.19. The fraction of sp³-hybridized carbons (Fsp3) is 0.500. The first-order valence-corrected chi connectivity index (χ1v) is 6.41. The Morgan fingerprint density at radius 3 is 2.75 bits per heavy atom. The SMILES string of the molecule is CC(Nc1ccc(C#N)c(C(F)(F)F)c1)C1CCCO1. The van der Waals surface area contributed by atoms with Crippen molar-refractivity contribution in [1.82, 2.24) is 0 Å². The molecule has 2 unspecified atom stereocenters. The van der Waals surface area contributed by atoms with Gasteiger partial charge in [-0.05, 0) is 38.0 Å². The summed E-state index contributed by atoms with van der Waals surface area (Å²) in [5.41, 5.74) is -0.934. The number of halogens is 3. The Hall–Kier alpha value is -1.74. The van der Waals surface area contributed by atoms with Crippen LogP contribution >= 0.6 is 0 Å². The average Bonchev–Trinajstić information content (AvgIpc) is 2.91. The predicted molar refractivity (Wildman–Crippen MR) is 68.2 cm³/mol. The maximum Gasteiger partial charge on any atom is 0.417 e. The number of nitrogens with zero attached hydrogens (tertiary/aromatic N) is 1. The monoisotopic (exact) mass is 284 g/mol. The van der Waals surface area contributed by atoms with Gasteiger partial charge in [-0.25, -0.2) is 0 Å². The highest BCUT2D eigenvalue weighted by atomic mass is 19.4. The van der Waals surface area contributed by atoms with Crippen LogP contribution in [-0.4, -0.2) is 18.8 Å². The molecule has 20 heavy (non-hydrogen) atoms. The van der Waals surface area contributed by atoms with Gasteiger partial charge in [-0.1, -0.05) is 0 Å². The van der Waals surface area contributed by atoms with Gasteiger partial charge in [0.05, 0.1) is 23.3 Å². The van der Waals surface area contributed by atoms with E-state index >= 15 is 0 Å². The van der Waals surface area contributed by atoms with Crippen molar-refractivity contribution in [3.8, 4) is 6.07 Å². The van der Waals surface area contributed by atoms with E-state index in [1.54, 1.807) is 6.07 Å². The minimum atomic E-state index is -4.53. The zero-order chi connectivity index (χ0) is 14.8. The van der Waals surface area contributed by atoms with E-state index in [-0.39, 0.29) is 17.7 Å².